The fourth-order valence-electron chi connectivity index (χ4n) is 2.69. The first-order chi connectivity index (χ1) is 7.83. The first-order valence-corrected chi connectivity index (χ1v) is 5.97. The van der Waals surface area contributed by atoms with Crippen molar-refractivity contribution >= 4 is 0 Å². The highest BCUT2D eigenvalue weighted by atomic mass is 16.7. The van der Waals surface area contributed by atoms with Gasteiger partial charge in [-0.3, -0.25) is 0 Å². The van der Waals surface area contributed by atoms with Gasteiger partial charge in [0.2, 0.25) is 6.79 Å². The molecule has 1 aliphatic heterocycles. The van der Waals surface area contributed by atoms with Gasteiger partial charge >= 0.3 is 0 Å². The third-order valence-corrected chi connectivity index (χ3v) is 3.65. The molecule has 1 aromatic carbocycles. The van der Waals surface area contributed by atoms with Gasteiger partial charge in [-0.25, -0.2) is 0 Å². The van der Waals surface area contributed by atoms with Crippen LogP contribution in [0.4, 0.5) is 0 Å². The normalized spacial score (nSPS) is 27.3. The van der Waals surface area contributed by atoms with Crippen molar-refractivity contribution in [3.63, 3.8) is 0 Å². The van der Waals surface area contributed by atoms with Crippen molar-refractivity contribution in [3.05, 3.63) is 23.8 Å². The van der Waals surface area contributed by atoms with E-state index in [0.717, 1.165) is 17.9 Å². The molecular formula is C13H17NO2. The van der Waals surface area contributed by atoms with Crippen LogP contribution < -0.4 is 15.2 Å². The zero-order valence-electron chi connectivity index (χ0n) is 9.32. The van der Waals surface area contributed by atoms with Crippen molar-refractivity contribution in [1.29, 1.82) is 0 Å². The van der Waals surface area contributed by atoms with Crippen molar-refractivity contribution in [2.75, 3.05) is 6.79 Å². The molecule has 3 nitrogen and oxygen atoms in total. The SMILES string of the molecule is N[C@@H]1CCC[C@H]1Cc1ccc2c(c1)OCO2. The van der Waals surface area contributed by atoms with Gasteiger partial charge in [-0.15, -0.1) is 0 Å². The summed E-state index contributed by atoms with van der Waals surface area (Å²) in [6, 6.07) is 6.59. The minimum atomic E-state index is 0.349. The molecule has 16 heavy (non-hydrogen) atoms. The van der Waals surface area contributed by atoms with Gasteiger partial charge in [0.05, 0.1) is 0 Å². The highest BCUT2D eigenvalue weighted by Crippen LogP contribution is 2.34. The molecule has 2 atom stereocenters. The Balaban J connectivity index is 1.75. The number of fused-ring (bicyclic) bond motifs is 1. The predicted molar refractivity (Wildman–Crippen MR) is 61.6 cm³/mol. The summed E-state index contributed by atoms with van der Waals surface area (Å²) in [5, 5.41) is 0. The van der Waals surface area contributed by atoms with Crippen molar-refractivity contribution in [2.45, 2.75) is 31.7 Å². The molecule has 2 aliphatic rings. The maximum Gasteiger partial charge on any atom is 0.231 e. The molecule has 0 aromatic heterocycles. The van der Waals surface area contributed by atoms with Crippen LogP contribution >= 0.6 is 0 Å². The van der Waals surface area contributed by atoms with Gasteiger partial charge in [0.15, 0.2) is 11.5 Å². The van der Waals surface area contributed by atoms with Crippen molar-refractivity contribution in [3.8, 4) is 11.5 Å². The van der Waals surface area contributed by atoms with Gasteiger partial charge in [0.1, 0.15) is 0 Å². The maximum absolute atomic E-state index is 6.08. The lowest BCUT2D eigenvalue weighted by Crippen LogP contribution is -2.25. The quantitative estimate of drug-likeness (QED) is 0.828. The third kappa shape index (κ3) is 1.76. The van der Waals surface area contributed by atoms with Crippen molar-refractivity contribution < 1.29 is 9.47 Å². The van der Waals surface area contributed by atoms with Crippen molar-refractivity contribution in [2.24, 2.45) is 11.7 Å². The van der Waals surface area contributed by atoms with Crippen LogP contribution in [0.2, 0.25) is 0 Å². The molecular weight excluding hydrogens is 202 g/mol. The number of rotatable bonds is 2. The summed E-state index contributed by atoms with van der Waals surface area (Å²) < 4.78 is 10.7. The molecule has 3 rings (SSSR count). The average Bonchev–Trinajstić information content (AvgIpc) is 2.88. The molecule has 2 N–H and O–H groups in total. The summed E-state index contributed by atoms with van der Waals surface area (Å²) in [7, 11) is 0. The highest BCUT2D eigenvalue weighted by molar-refractivity contribution is 5.44. The van der Waals surface area contributed by atoms with E-state index in [4.69, 9.17) is 15.2 Å². The first-order valence-electron chi connectivity index (χ1n) is 5.97. The Hall–Kier alpha value is -1.22. The molecule has 86 valence electrons. The van der Waals surface area contributed by atoms with Crippen LogP contribution in [-0.2, 0) is 6.42 Å². The summed E-state index contributed by atoms with van der Waals surface area (Å²) in [6.45, 7) is 0.349. The molecule has 0 spiro atoms. The van der Waals surface area contributed by atoms with E-state index in [-0.39, 0.29) is 0 Å². The fraction of sp³-hybridized carbons (Fsp3) is 0.538. The monoisotopic (exact) mass is 219 g/mol. The van der Waals surface area contributed by atoms with Crippen LogP contribution in [0.5, 0.6) is 11.5 Å². The summed E-state index contributed by atoms with van der Waals surface area (Å²) in [5.74, 6) is 2.38. The van der Waals surface area contributed by atoms with E-state index in [1.165, 1.54) is 24.8 Å². The van der Waals surface area contributed by atoms with Crippen molar-refractivity contribution in [1.82, 2.24) is 0 Å². The summed E-state index contributed by atoms with van der Waals surface area (Å²) in [4.78, 5) is 0. The molecule has 3 heteroatoms. The van der Waals surface area contributed by atoms with Gasteiger partial charge in [-0.05, 0) is 42.9 Å². The Morgan fingerprint density at radius 3 is 2.88 bits per heavy atom. The Morgan fingerprint density at radius 2 is 2.06 bits per heavy atom. The number of hydrogen-bond acceptors (Lipinski definition) is 3. The zero-order valence-corrected chi connectivity index (χ0v) is 9.32. The molecule has 0 saturated heterocycles. The Morgan fingerprint density at radius 1 is 1.19 bits per heavy atom. The Bertz CT molecular complexity index is 392. The van der Waals surface area contributed by atoms with Crippen LogP contribution in [0.25, 0.3) is 0 Å². The topological polar surface area (TPSA) is 44.5 Å². The first kappa shape index (κ1) is 9.97. The highest BCUT2D eigenvalue weighted by Gasteiger charge is 2.24. The van der Waals surface area contributed by atoms with Crippen LogP contribution in [0.3, 0.4) is 0 Å². The van der Waals surface area contributed by atoms with Crippen LogP contribution in [0, 0.1) is 5.92 Å². The lowest BCUT2D eigenvalue weighted by Gasteiger charge is -2.15. The van der Waals surface area contributed by atoms with Crippen LogP contribution in [0.1, 0.15) is 24.8 Å². The van der Waals surface area contributed by atoms with Gasteiger partial charge < -0.3 is 15.2 Å². The minimum absolute atomic E-state index is 0.349. The molecule has 1 heterocycles. The third-order valence-electron chi connectivity index (χ3n) is 3.65. The lowest BCUT2D eigenvalue weighted by molar-refractivity contribution is 0.174. The smallest absolute Gasteiger partial charge is 0.231 e. The molecule has 1 aromatic rings. The number of ether oxygens (including phenoxy) is 2. The summed E-state index contributed by atoms with van der Waals surface area (Å²) in [5.41, 5.74) is 7.40. The van der Waals surface area contributed by atoms with E-state index < -0.39 is 0 Å². The summed E-state index contributed by atoms with van der Waals surface area (Å²) in [6.07, 6.45) is 4.78. The number of benzene rings is 1. The van der Waals surface area contributed by atoms with Crippen LogP contribution in [-0.4, -0.2) is 12.8 Å². The van der Waals surface area contributed by atoms with E-state index in [9.17, 15) is 0 Å². The van der Waals surface area contributed by atoms with Gasteiger partial charge in [-0.2, -0.15) is 0 Å². The molecule has 0 radical (unpaired) electrons. The zero-order chi connectivity index (χ0) is 11.0. The standard InChI is InChI=1S/C13H17NO2/c14-11-3-1-2-10(11)6-9-4-5-12-13(7-9)16-8-15-12/h4-5,7,10-11H,1-3,6,8,14H2/t10-,11+/m0/s1. The molecule has 0 amide bonds. The average molecular weight is 219 g/mol. The maximum atomic E-state index is 6.08. The van der Waals surface area contributed by atoms with Gasteiger partial charge in [0.25, 0.3) is 0 Å². The number of hydrogen-bond donors (Lipinski definition) is 1. The number of nitrogens with two attached hydrogens (primary N) is 1. The molecule has 0 unspecified atom stereocenters. The molecule has 1 aliphatic carbocycles. The van der Waals surface area contributed by atoms with E-state index in [0.29, 0.717) is 18.8 Å². The molecule has 1 fully saturated rings. The second kappa shape index (κ2) is 3.98. The van der Waals surface area contributed by atoms with E-state index >= 15 is 0 Å². The molecule has 1 saturated carbocycles. The second-order valence-corrected chi connectivity index (χ2v) is 4.75. The molecule has 0 bridgehead atoms. The second-order valence-electron chi connectivity index (χ2n) is 4.75. The summed E-state index contributed by atoms with van der Waals surface area (Å²) >= 11 is 0. The lowest BCUT2D eigenvalue weighted by atomic mass is 9.95. The fourth-order valence-corrected chi connectivity index (χ4v) is 2.69. The van der Waals surface area contributed by atoms with Gasteiger partial charge in [0, 0.05) is 6.04 Å². The predicted octanol–water partition coefficient (Wildman–Crippen LogP) is 2.09. The minimum Gasteiger partial charge on any atom is -0.454 e. The largest absolute Gasteiger partial charge is 0.454 e. The van der Waals surface area contributed by atoms with Crippen LogP contribution in [0.15, 0.2) is 18.2 Å². The Kier molecular flexibility index (Phi) is 2.48. The van der Waals surface area contributed by atoms with E-state index in [1.807, 2.05) is 6.07 Å². The van der Waals surface area contributed by atoms with E-state index in [1.54, 1.807) is 0 Å². The van der Waals surface area contributed by atoms with Gasteiger partial charge in [-0.1, -0.05) is 12.5 Å². The Labute approximate surface area is 95.5 Å². The van der Waals surface area contributed by atoms with E-state index in [2.05, 4.69) is 12.1 Å².